The van der Waals surface area contributed by atoms with Crippen LogP contribution in [0.5, 0.6) is 0 Å². The Kier molecular flexibility index (Phi) is 2.59. The molecule has 0 bridgehead atoms. The smallest absolute Gasteiger partial charge is 0.108 e. The van der Waals surface area contributed by atoms with Crippen molar-refractivity contribution in [2.45, 2.75) is 52.7 Å². The zero-order chi connectivity index (χ0) is 11.1. The molecule has 1 aromatic heterocycles. The van der Waals surface area contributed by atoms with Gasteiger partial charge in [0.15, 0.2) is 0 Å². The van der Waals surface area contributed by atoms with Gasteiger partial charge in [-0.15, -0.1) is 0 Å². The third kappa shape index (κ3) is 1.93. The fourth-order valence-electron chi connectivity index (χ4n) is 2.20. The van der Waals surface area contributed by atoms with Gasteiger partial charge in [0.05, 0.1) is 5.69 Å². The van der Waals surface area contributed by atoms with E-state index >= 15 is 0 Å². The number of hydrogen-bond acceptors (Lipinski definition) is 2. The second-order valence-corrected chi connectivity index (χ2v) is 5.26. The number of imidazole rings is 1. The maximum atomic E-state index is 4.47. The Morgan fingerprint density at radius 2 is 2.07 bits per heavy atom. The fourth-order valence-corrected chi connectivity index (χ4v) is 2.20. The number of aryl methyl sites for hydroxylation is 1. The lowest BCUT2D eigenvalue weighted by Crippen LogP contribution is -2.45. The zero-order valence-corrected chi connectivity index (χ0v) is 10.2. The van der Waals surface area contributed by atoms with Gasteiger partial charge in [-0.1, -0.05) is 6.92 Å². The van der Waals surface area contributed by atoms with Gasteiger partial charge < -0.3 is 4.57 Å². The van der Waals surface area contributed by atoms with Crippen LogP contribution in [0.1, 0.15) is 39.2 Å². The molecule has 1 aromatic rings. The zero-order valence-electron chi connectivity index (χ0n) is 10.2. The average molecular weight is 207 g/mol. The Labute approximate surface area is 92.1 Å². The summed E-state index contributed by atoms with van der Waals surface area (Å²) in [6, 6.07) is 0. The maximum absolute atomic E-state index is 4.47. The Bertz CT molecular complexity index is 346. The van der Waals surface area contributed by atoms with Crippen molar-refractivity contribution < 1.29 is 0 Å². The highest BCUT2D eigenvalue weighted by Crippen LogP contribution is 2.22. The molecule has 0 N–H and O–H groups in total. The monoisotopic (exact) mass is 207 g/mol. The highest BCUT2D eigenvalue weighted by molar-refractivity contribution is 5.08. The van der Waals surface area contributed by atoms with Crippen molar-refractivity contribution in [3.8, 4) is 0 Å². The van der Waals surface area contributed by atoms with E-state index in [9.17, 15) is 0 Å². The van der Waals surface area contributed by atoms with Crippen LogP contribution in [0.15, 0.2) is 6.20 Å². The van der Waals surface area contributed by atoms with E-state index in [1.807, 2.05) is 6.20 Å². The normalized spacial score (nSPS) is 17.9. The molecule has 0 radical (unpaired) electrons. The van der Waals surface area contributed by atoms with Gasteiger partial charge in [0, 0.05) is 37.8 Å². The number of fused-ring (bicyclic) bond motifs is 1. The molecule has 2 rings (SSSR count). The number of aromatic nitrogens is 2. The van der Waals surface area contributed by atoms with Crippen molar-refractivity contribution in [1.29, 1.82) is 0 Å². The van der Waals surface area contributed by atoms with Crippen LogP contribution in [0.2, 0.25) is 0 Å². The van der Waals surface area contributed by atoms with Crippen LogP contribution in [-0.2, 0) is 19.5 Å². The number of nitrogens with zero attached hydrogens (tertiary/aromatic N) is 3. The van der Waals surface area contributed by atoms with Crippen LogP contribution in [-0.4, -0.2) is 26.5 Å². The van der Waals surface area contributed by atoms with E-state index in [1.54, 1.807) is 0 Å². The van der Waals surface area contributed by atoms with Gasteiger partial charge in [0.2, 0.25) is 0 Å². The van der Waals surface area contributed by atoms with Crippen molar-refractivity contribution in [2.24, 2.45) is 0 Å². The molecule has 1 aliphatic heterocycles. The van der Waals surface area contributed by atoms with Gasteiger partial charge in [-0.3, -0.25) is 4.90 Å². The van der Waals surface area contributed by atoms with E-state index in [4.69, 9.17) is 0 Å². The van der Waals surface area contributed by atoms with Gasteiger partial charge in [-0.05, 0) is 20.8 Å². The minimum Gasteiger partial charge on any atom is -0.330 e. The number of rotatable bonds is 1. The minimum atomic E-state index is 0.266. The molecule has 0 fully saturated rings. The topological polar surface area (TPSA) is 21.1 Å². The summed E-state index contributed by atoms with van der Waals surface area (Å²) >= 11 is 0. The molecule has 15 heavy (non-hydrogen) atoms. The quantitative estimate of drug-likeness (QED) is 0.703. The van der Waals surface area contributed by atoms with Gasteiger partial charge in [0.1, 0.15) is 5.82 Å². The van der Waals surface area contributed by atoms with Gasteiger partial charge in [0.25, 0.3) is 0 Å². The first-order chi connectivity index (χ1) is 7.02. The van der Waals surface area contributed by atoms with Crippen molar-refractivity contribution in [3.63, 3.8) is 0 Å². The highest BCUT2D eigenvalue weighted by atomic mass is 15.3. The van der Waals surface area contributed by atoms with E-state index in [1.165, 1.54) is 11.5 Å². The Hall–Kier alpha value is -0.830. The lowest BCUT2D eigenvalue weighted by atomic mass is 10.0. The summed E-state index contributed by atoms with van der Waals surface area (Å²) in [5, 5.41) is 0. The van der Waals surface area contributed by atoms with E-state index < -0.39 is 0 Å². The molecular formula is C12H21N3. The van der Waals surface area contributed by atoms with E-state index in [2.05, 4.69) is 42.1 Å². The van der Waals surface area contributed by atoms with Gasteiger partial charge in [-0.25, -0.2) is 4.98 Å². The highest BCUT2D eigenvalue weighted by Gasteiger charge is 2.26. The predicted octanol–water partition coefficient (Wildman–Crippen LogP) is 2.06. The van der Waals surface area contributed by atoms with Crippen LogP contribution >= 0.6 is 0 Å². The third-order valence-corrected chi connectivity index (χ3v) is 3.23. The summed E-state index contributed by atoms with van der Waals surface area (Å²) in [6.45, 7) is 12.3. The summed E-state index contributed by atoms with van der Waals surface area (Å²) < 4.78 is 2.38. The van der Waals surface area contributed by atoms with Gasteiger partial charge >= 0.3 is 0 Å². The van der Waals surface area contributed by atoms with Crippen LogP contribution in [0.4, 0.5) is 0 Å². The molecule has 0 unspecified atom stereocenters. The Morgan fingerprint density at radius 1 is 1.33 bits per heavy atom. The van der Waals surface area contributed by atoms with Crippen LogP contribution in [0.3, 0.4) is 0 Å². The molecule has 1 aliphatic rings. The lowest BCUT2D eigenvalue weighted by molar-refractivity contribution is 0.102. The van der Waals surface area contributed by atoms with Crippen molar-refractivity contribution >= 4 is 0 Å². The van der Waals surface area contributed by atoms with Crippen molar-refractivity contribution in [2.75, 3.05) is 6.54 Å². The first kappa shape index (κ1) is 10.7. The third-order valence-electron chi connectivity index (χ3n) is 3.23. The van der Waals surface area contributed by atoms with E-state index in [0.29, 0.717) is 0 Å². The molecule has 84 valence electrons. The fraction of sp³-hybridized carbons (Fsp3) is 0.750. The standard InChI is InChI=1S/C12H21N3/c1-5-11-13-8-10-9-14(12(2,3)4)6-7-15(10)11/h8H,5-7,9H2,1-4H3. The maximum Gasteiger partial charge on any atom is 0.108 e. The lowest BCUT2D eigenvalue weighted by Gasteiger charge is -2.39. The molecular weight excluding hydrogens is 186 g/mol. The summed E-state index contributed by atoms with van der Waals surface area (Å²) in [5.41, 5.74) is 1.63. The van der Waals surface area contributed by atoms with E-state index in [0.717, 1.165) is 26.1 Å². The summed E-state index contributed by atoms with van der Waals surface area (Å²) in [5.74, 6) is 1.23. The molecule has 2 heterocycles. The summed E-state index contributed by atoms with van der Waals surface area (Å²) in [6.07, 6.45) is 3.08. The predicted molar refractivity (Wildman–Crippen MR) is 61.8 cm³/mol. The average Bonchev–Trinajstić information content (AvgIpc) is 2.58. The second-order valence-electron chi connectivity index (χ2n) is 5.26. The molecule has 3 heteroatoms. The molecule has 0 saturated carbocycles. The van der Waals surface area contributed by atoms with Crippen LogP contribution < -0.4 is 0 Å². The first-order valence-corrected chi connectivity index (χ1v) is 5.80. The summed E-state index contributed by atoms with van der Waals surface area (Å²) in [4.78, 5) is 6.99. The molecule has 0 aliphatic carbocycles. The molecule has 0 aromatic carbocycles. The van der Waals surface area contributed by atoms with Crippen LogP contribution in [0.25, 0.3) is 0 Å². The molecule has 0 amide bonds. The van der Waals surface area contributed by atoms with Crippen molar-refractivity contribution in [3.05, 3.63) is 17.7 Å². The minimum absolute atomic E-state index is 0.266. The SMILES string of the molecule is CCc1ncc2n1CCN(C(C)(C)C)C2. The Morgan fingerprint density at radius 3 is 2.67 bits per heavy atom. The summed E-state index contributed by atoms with van der Waals surface area (Å²) in [7, 11) is 0. The second kappa shape index (κ2) is 3.63. The molecule has 3 nitrogen and oxygen atoms in total. The van der Waals surface area contributed by atoms with Gasteiger partial charge in [-0.2, -0.15) is 0 Å². The largest absolute Gasteiger partial charge is 0.330 e. The molecule has 0 spiro atoms. The van der Waals surface area contributed by atoms with Crippen LogP contribution in [0, 0.1) is 0 Å². The Balaban J connectivity index is 2.21. The van der Waals surface area contributed by atoms with E-state index in [-0.39, 0.29) is 5.54 Å². The first-order valence-electron chi connectivity index (χ1n) is 5.80. The molecule has 0 atom stereocenters. The van der Waals surface area contributed by atoms with Crippen molar-refractivity contribution in [1.82, 2.24) is 14.5 Å². The number of hydrogen-bond donors (Lipinski definition) is 0. The molecule has 0 saturated heterocycles.